The summed E-state index contributed by atoms with van der Waals surface area (Å²) in [6, 6.07) is 21.3. The van der Waals surface area contributed by atoms with Gasteiger partial charge in [-0.1, -0.05) is 65.7 Å². The SMILES string of the molecule is O=C(Nc1cccc(/C=C2/NC(=S)N(Cc3ccccc3Cl)C2=O)c1)c1ccccc1Cl. The number of rotatable bonds is 5. The molecule has 0 bridgehead atoms. The summed E-state index contributed by atoms with van der Waals surface area (Å²) in [4.78, 5) is 26.9. The van der Waals surface area contributed by atoms with Gasteiger partial charge in [-0.3, -0.25) is 14.5 Å². The van der Waals surface area contributed by atoms with E-state index in [2.05, 4.69) is 10.6 Å². The maximum absolute atomic E-state index is 12.9. The summed E-state index contributed by atoms with van der Waals surface area (Å²) in [6.45, 7) is 0.273. The molecule has 1 heterocycles. The van der Waals surface area contributed by atoms with Crippen molar-refractivity contribution in [2.24, 2.45) is 0 Å². The average Bonchev–Trinajstić information content (AvgIpc) is 3.03. The standard InChI is InChI=1S/C24H17Cl2N3O2S/c25-19-10-3-1-7-16(19)14-29-23(31)21(28-24(29)32)13-15-6-5-8-17(12-15)27-22(30)18-9-2-4-11-20(18)26/h1-13H,14H2,(H,27,30)(H,28,32)/b21-13+. The molecule has 8 heteroatoms. The molecular weight excluding hydrogens is 465 g/mol. The van der Waals surface area contributed by atoms with Gasteiger partial charge in [-0.25, -0.2) is 0 Å². The van der Waals surface area contributed by atoms with Crippen LogP contribution in [0.4, 0.5) is 5.69 Å². The van der Waals surface area contributed by atoms with E-state index in [1.807, 2.05) is 24.3 Å². The Balaban J connectivity index is 1.51. The largest absolute Gasteiger partial charge is 0.328 e. The fraction of sp³-hybridized carbons (Fsp3) is 0.0417. The lowest BCUT2D eigenvalue weighted by Gasteiger charge is -2.14. The normalized spacial score (nSPS) is 14.6. The fourth-order valence-corrected chi connectivity index (χ4v) is 3.90. The molecular formula is C24H17Cl2N3O2S. The van der Waals surface area contributed by atoms with Crippen LogP contribution in [0, 0.1) is 0 Å². The lowest BCUT2D eigenvalue weighted by Crippen LogP contribution is -2.30. The van der Waals surface area contributed by atoms with E-state index in [9.17, 15) is 9.59 Å². The number of anilines is 1. The summed E-state index contributed by atoms with van der Waals surface area (Å²) in [5, 5.41) is 7.03. The van der Waals surface area contributed by atoms with E-state index in [1.54, 1.807) is 54.6 Å². The van der Waals surface area contributed by atoms with Crippen molar-refractivity contribution in [2.75, 3.05) is 5.32 Å². The Labute approximate surface area is 200 Å². The Morgan fingerprint density at radius 1 is 1.00 bits per heavy atom. The van der Waals surface area contributed by atoms with Crippen LogP contribution in [-0.2, 0) is 11.3 Å². The number of hydrogen-bond acceptors (Lipinski definition) is 3. The Bertz CT molecular complexity index is 1260. The van der Waals surface area contributed by atoms with E-state index in [4.69, 9.17) is 35.4 Å². The van der Waals surface area contributed by atoms with Crippen molar-refractivity contribution in [3.63, 3.8) is 0 Å². The molecule has 0 atom stereocenters. The molecule has 32 heavy (non-hydrogen) atoms. The van der Waals surface area contributed by atoms with Crippen LogP contribution < -0.4 is 10.6 Å². The summed E-state index contributed by atoms with van der Waals surface area (Å²) < 4.78 is 0. The Kier molecular flexibility index (Phi) is 6.55. The first kappa shape index (κ1) is 22.0. The van der Waals surface area contributed by atoms with Crippen LogP contribution in [0.1, 0.15) is 21.5 Å². The minimum atomic E-state index is -0.317. The molecule has 0 radical (unpaired) electrons. The Hall–Kier alpha value is -3.19. The highest BCUT2D eigenvalue weighted by Crippen LogP contribution is 2.23. The second kappa shape index (κ2) is 9.53. The van der Waals surface area contributed by atoms with Crippen molar-refractivity contribution in [1.82, 2.24) is 10.2 Å². The predicted molar refractivity (Wildman–Crippen MR) is 132 cm³/mol. The highest BCUT2D eigenvalue weighted by atomic mass is 35.5. The van der Waals surface area contributed by atoms with Crippen molar-refractivity contribution < 1.29 is 9.59 Å². The van der Waals surface area contributed by atoms with Gasteiger partial charge in [0.1, 0.15) is 5.70 Å². The third-order valence-electron chi connectivity index (χ3n) is 4.82. The van der Waals surface area contributed by atoms with E-state index in [1.165, 1.54) is 4.90 Å². The molecule has 0 saturated carbocycles. The minimum Gasteiger partial charge on any atom is -0.328 e. The van der Waals surface area contributed by atoms with Crippen LogP contribution in [0.2, 0.25) is 10.0 Å². The van der Waals surface area contributed by atoms with E-state index >= 15 is 0 Å². The predicted octanol–water partition coefficient (Wildman–Crippen LogP) is 5.50. The van der Waals surface area contributed by atoms with Crippen molar-refractivity contribution in [1.29, 1.82) is 0 Å². The van der Waals surface area contributed by atoms with Gasteiger partial charge < -0.3 is 10.6 Å². The second-order valence-corrected chi connectivity index (χ2v) is 8.23. The maximum atomic E-state index is 12.9. The number of benzene rings is 3. The number of nitrogens with one attached hydrogen (secondary N) is 2. The van der Waals surface area contributed by atoms with Crippen LogP contribution in [0.15, 0.2) is 78.5 Å². The minimum absolute atomic E-state index is 0.250. The lowest BCUT2D eigenvalue weighted by atomic mass is 10.1. The Morgan fingerprint density at radius 3 is 2.47 bits per heavy atom. The molecule has 0 unspecified atom stereocenters. The fourth-order valence-electron chi connectivity index (χ4n) is 3.23. The molecule has 3 aromatic carbocycles. The number of carbonyl (C=O) groups excluding carboxylic acids is 2. The highest BCUT2D eigenvalue weighted by molar-refractivity contribution is 7.80. The smallest absolute Gasteiger partial charge is 0.276 e. The first-order valence-electron chi connectivity index (χ1n) is 9.66. The third-order valence-corrected chi connectivity index (χ3v) is 5.84. The molecule has 2 amide bonds. The van der Waals surface area contributed by atoms with Gasteiger partial charge in [0.2, 0.25) is 0 Å². The first-order valence-corrected chi connectivity index (χ1v) is 10.8. The van der Waals surface area contributed by atoms with Crippen LogP contribution in [0.5, 0.6) is 0 Å². The number of thiocarbonyl (C=S) groups is 1. The number of nitrogens with zero attached hydrogens (tertiary/aromatic N) is 1. The van der Waals surface area contributed by atoms with E-state index in [-0.39, 0.29) is 18.4 Å². The van der Waals surface area contributed by atoms with Crippen LogP contribution in [0.3, 0.4) is 0 Å². The Morgan fingerprint density at radius 2 is 1.72 bits per heavy atom. The van der Waals surface area contributed by atoms with E-state index in [0.717, 1.165) is 11.1 Å². The summed E-state index contributed by atoms with van der Waals surface area (Å²) in [5.74, 6) is -0.567. The van der Waals surface area contributed by atoms with Gasteiger partial charge in [-0.2, -0.15) is 0 Å². The zero-order valence-electron chi connectivity index (χ0n) is 16.6. The molecule has 2 N–H and O–H groups in total. The lowest BCUT2D eigenvalue weighted by molar-refractivity contribution is -0.122. The maximum Gasteiger partial charge on any atom is 0.276 e. The summed E-state index contributed by atoms with van der Waals surface area (Å²) >= 11 is 17.7. The van der Waals surface area contributed by atoms with Crippen molar-refractivity contribution in [2.45, 2.75) is 6.54 Å². The number of amides is 2. The van der Waals surface area contributed by atoms with Crippen LogP contribution in [-0.4, -0.2) is 21.8 Å². The van der Waals surface area contributed by atoms with Crippen LogP contribution in [0.25, 0.3) is 6.08 Å². The number of halogens is 2. The zero-order valence-corrected chi connectivity index (χ0v) is 19.0. The van der Waals surface area contributed by atoms with E-state index < -0.39 is 0 Å². The van der Waals surface area contributed by atoms with Crippen molar-refractivity contribution in [3.8, 4) is 0 Å². The van der Waals surface area contributed by atoms with Crippen molar-refractivity contribution in [3.05, 3.63) is 105 Å². The highest BCUT2D eigenvalue weighted by Gasteiger charge is 2.31. The van der Waals surface area contributed by atoms with Crippen molar-refractivity contribution >= 4 is 64.1 Å². The summed E-state index contributed by atoms with van der Waals surface area (Å²) in [5.41, 5.74) is 2.82. The van der Waals surface area contributed by atoms with E-state index in [0.29, 0.717) is 32.1 Å². The van der Waals surface area contributed by atoms with Gasteiger partial charge in [0.25, 0.3) is 11.8 Å². The molecule has 1 aliphatic rings. The van der Waals surface area contributed by atoms with Crippen LogP contribution >= 0.6 is 35.4 Å². The zero-order chi connectivity index (χ0) is 22.7. The average molecular weight is 482 g/mol. The molecule has 0 aliphatic carbocycles. The number of carbonyl (C=O) groups is 2. The first-order chi connectivity index (χ1) is 15.4. The summed E-state index contributed by atoms with van der Waals surface area (Å²) in [7, 11) is 0. The van der Waals surface area contributed by atoms with Gasteiger partial charge >= 0.3 is 0 Å². The summed E-state index contributed by atoms with van der Waals surface area (Å²) in [6.07, 6.45) is 1.69. The van der Waals surface area contributed by atoms with Gasteiger partial charge in [-0.15, -0.1) is 0 Å². The molecule has 1 saturated heterocycles. The monoisotopic (exact) mass is 481 g/mol. The van der Waals surface area contributed by atoms with Gasteiger partial charge in [-0.05, 0) is 59.8 Å². The quantitative estimate of drug-likeness (QED) is 0.372. The third kappa shape index (κ3) is 4.83. The topological polar surface area (TPSA) is 61.4 Å². The number of hydrogen-bond donors (Lipinski definition) is 2. The van der Waals surface area contributed by atoms with Gasteiger partial charge in [0, 0.05) is 10.7 Å². The molecule has 3 aromatic rings. The molecule has 4 rings (SSSR count). The molecule has 0 aromatic heterocycles. The van der Waals surface area contributed by atoms with Gasteiger partial charge in [0.05, 0.1) is 17.1 Å². The molecule has 1 aliphatic heterocycles. The molecule has 160 valence electrons. The molecule has 5 nitrogen and oxygen atoms in total. The second-order valence-electron chi connectivity index (χ2n) is 7.03. The molecule has 1 fully saturated rings. The van der Waals surface area contributed by atoms with Gasteiger partial charge in [0.15, 0.2) is 5.11 Å². The molecule has 0 spiro atoms.